The highest BCUT2D eigenvalue weighted by atomic mass is 16.6. The van der Waals surface area contributed by atoms with Gasteiger partial charge in [0.1, 0.15) is 0 Å². The molecule has 0 radical (unpaired) electrons. The molecule has 0 amide bonds. The molecule has 1 aliphatic rings. The number of allylic oxidation sites excluding steroid dienone is 1. The molecule has 0 bridgehead atoms. The third-order valence-corrected chi connectivity index (χ3v) is 4.37. The quantitative estimate of drug-likeness (QED) is 0.487. The van der Waals surface area contributed by atoms with Gasteiger partial charge in [-0.05, 0) is 47.6 Å². The van der Waals surface area contributed by atoms with Crippen molar-refractivity contribution in [2.45, 2.75) is 33.6 Å². The maximum atomic E-state index is 12.6. The van der Waals surface area contributed by atoms with Gasteiger partial charge in [0.05, 0.1) is 4.92 Å². The van der Waals surface area contributed by atoms with E-state index in [1.165, 1.54) is 18.2 Å². The second-order valence-electron chi connectivity index (χ2n) is 6.28. The van der Waals surface area contributed by atoms with Gasteiger partial charge in [-0.25, -0.2) is 0 Å². The summed E-state index contributed by atoms with van der Waals surface area (Å²) in [5, 5.41) is 22.3. The first kappa shape index (κ1) is 16.2. The number of Topliss-reactive ketones (excluding diaryl/α,β-unsaturated/α-hetero) is 1. The Kier molecular flexibility index (Phi) is 4.64. The molecule has 0 unspecified atom stereocenters. The monoisotopic (exact) mass is 302 g/mol. The Hall–Kier alpha value is -2.17. The van der Waals surface area contributed by atoms with Gasteiger partial charge in [0.2, 0.25) is 0 Å². The molecule has 0 heterocycles. The molecule has 0 aliphatic heterocycles. The van der Waals surface area contributed by atoms with Crippen LogP contribution in [0.15, 0.2) is 23.8 Å². The Balaban J connectivity index is 2.40. The highest BCUT2D eigenvalue weighted by Crippen LogP contribution is 2.36. The van der Waals surface area contributed by atoms with Crippen molar-refractivity contribution in [1.29, 1.82) is 0 Å². The summed E-state index contributed by atoms with van der Waals surface area (Å²) < 4.78 is 0. The van der Waals surface area contributed by atoms with Gasteiger partial charge in [-0.15, -0.1) is 0 Å². The van der Waals surface area contributed by atoms with Gasteiger partial charge in [-0.3, -0.25) is 14.9 Å². The van der Waals surface area contributed by atoms with E-state index in [4.69, 9.17) is 0 Å². The molecule has 5 heteroatoms. The zero-order valence-electron chi connectivity index (χ0n) is 13.0. The van der Waals surface area contributed by atoms with E-state index >= 15 is 0 Å². The van der Waals surface area contributed by atoms with Crippen LogP contribution in [0.4, 0.5) is 5.69 Å². The second kappa shape index (κ2) is 6.30. The predicted molar refractivity (Wildman–Crippen MR) is 82.3 cm³/mol. The number of ketones is 1. The van der Waals surface area contributed by atoms with Crippen molar-refractivity contribution in [3.63, 3.8) is 0 Å². The second-order valence-corrected chi connectivity index (χ2v) is 6.28. The minimum atomic E-state index is -0.687. The zero-order chi connectivity index (χ0) is 16.4. The minimum absolute atomic E-state index is 0.0104. The summed E-state index contributed by atoms with van der Waals surface area (Å²) in [4.78, 5) is 22.8. The minimum Gasteiger partial charge on any atom is -0.868 e. The number of nitrogens with zero attached hydrogens (tertiary/aromatic N) is 1. The molecule has 0 spiro atoms. The summed E-state index contributed by atoms with van der Waals surface area (Å²) >= 11 is 0. The Morgan fingerprint density at radius 1 is 1.32 bits per heavy atom. The predicted octanol–water partition coefficient (Wildman–Crippen LogP) is 3.32. The normalized spacial score (nSPS) is 24.0. The molecule has 0 aromatic heterocycles. The number of nitro benzene ring substituents is 1. The Labute approximate surface area is 129 Å². The Morgan fingerprint density at radius 2 is 2.00 bits per heavy atom. The van der Waals surface area contributed by atoms with Crippen LogP contribution in [0.1, 0.15) is 39.2 Å². The van der Waals surface area contributed by atoms with Gasteiger partial charge in [0, 0.05) is 12.0 Å². The van der Waals surface area contributed by atoms with E-state index in [0.717, 1.165) is 12.8 Å². The number of benzene rings is 1. The van der Waals surface area contributed by atoms with Gasteiger partial charge in [0.25, 0.3) is 5.69 Å². The molecule has 22 heavy (non-hydrogen) atoms. The molecule has 1 aliphatic carbocycles. The average molecular weight is 302 g/mol. The third-order valence-electron chi connectivity index (χ3n) is 4.37. The van der Waals surface area contributed by atoms with Gasteiger partial charge < -0.3 is 5.11 Å². The molecule has 2 atom stereocenters. The highest BCUT2D eigenvalue weighted by Gasteiger charge is 2.32. The van der Waals surface area contributed by atoms with Crippen molar-refractivity contribution in [1.82, 2.24) is 0 Å². The topological polar surface area (TPSA) is 83.3 Å². The van der Waals surface area contributed by atoms with Crippen LogP contribution in [-0.4, -0.2) is 10.7 Å². The first-order valence-corrected chi connectivity index (χ1v) is 7.52. The summed E-state index contributed by atoms with van der Waals surface area (Å²) in [7, 11) is 0. The van der Waals surface area contributed by atoms with Crippen molar-refractivity contribution in [2.75, 3.05) is 0 Å². The molecule has 1 fully saturated rings. The first-order valence-electron chi connectivity index (χ1n) is 7.52. The van der Waals surface area contributed by atoms with Crippen LogP contribution in [0.5, 0.6) is 5.75 Å². The van der Waals surface area contributed by atoms with Crippen molar-refractivity contribution in [3.05, 3.63) is 39.4 Å². The summed E-state index contributed by atoms with van der Waals surface area (Å²) in [6, 6.07) is 3.96. The van der Waals surface area contributed by atoms with Crippen LogP contribution >= 0.6 is 0 Å². The molecule has 118 valence electrons. The molecule has 1 saturated carbocycles. The number of carbonyl (C=O) groups excluding carboxylic acids is 1. The third kappa shape index (κ3) is 3.18. The van der Waals surface area contributed by atoms with Crippen molar-refractivity contribution in [3.8, 4) is 5.75 Å². The lowest BCUT2D eigenvalue weighted by molar-refractivity contribution is -0.398. The SMILES string of the molecule is CC(C)[C@H]1CC[C@@H](C)C(=Cc2ccc([O-])c([N+](=O)[O-])c2)C1=O. The Morgan fingerprint density at radius 3 is 2.59 bits per heavy atom. The van der Waals surface area contributed by atoms with Crippen LogP contribution in [0.25, 0.3) is 6.08 Å². The molecule has 0 saturated heterocycles. The smallest absolute Gasteiger partial charge is 0.262 e. The molecule has 0 N–H and O–H groups in total. The maximum Gasteiger partial charge on any atom is 0.262 e. The van der Waals surface area contributed by atoms with Crippen molar-refractivity contribution < 1.29 is 14.8 Å². The fraction of sp³-hybridized carbons (Fsp3) is 0.471. The Bertz CT molecular complexity index is 634. The largest absolute Gasteiger partial charge is 0.868 e. The summed E-state index contributed by atoms with van der Waals surface area (Å²) in [6.45, 7) is 6.07. The number of rotatable bonds is 3. The van der Waals surface area contributed by atoms with Gasteiger partial charge in [-0.1, -0.05) is 32.9 Å². The van der Waals surface area contributed by atoms with E-state index < -0.39 is 16.4 Å². The fourth-order valence-electron chi connectivity index (χ4n) is 2.97. The lowest BCUT2D eigenvalue weighted by atomic mass is 9.73. The number of nitro groups is 1. The van der Waals surface area contributed by atoms with Crippen LogP contribution in [-0.2, 0) is 4.79 Å². The van der Waals surface area contributed by atoms with Gasteiger partial charge >= 0.3 is 0 Å². The lowest BCUT2D eigenvalue weighted by Crippen LogP contribution is -2.30. The van der Waals surface area contributed by atoms with Crippen LogP contribution < -0.4 is 5.11 Å². The standard InChI is InChI=1S/C17H21NO4/c1-10(2)13-6-4-11(3)14(17(13)20)8-12-5-7-16(19)15(9-12)18(21)22/h5,7-11,13,19H,4,6H2,1-3H3/p-1/t11-,13-/m1/s1. The molecule has 1 aromatic carbocycles. The highest BCUT2D eigenvalue weighted by molar-refractivity contribution is 6.02. The van der Waals surface area contributed by atoms with E-state index in [1.807, 2.05) is 20.8 Å². The fourth-order valence-corrected chi connectivity index (χ4v) is 2.97. The van der Waals surface area contributed by atoms with Crippen LogP contribution in [0.2, 0.25) is 0 Å². The van der Waals surface area contributed by atoms with Gasteiger partial charge in [-0.2, -0.15) is 0 Å². The zero-order valence-corrected chi connectivity index (χ0v) is 13.0. The number of hydrogen-bond acceptors (Lipinski definition) is 4. The molecule has 1 aromatic rings. The molecule has 5 nitrogen and oxygen atoms in total. The van der Waals surface area contributed by atoms with Crippen molar-refractivity contribution in [2.24, 2.45) is 17.8 Å². The van der Waals surface area contributed by atoms with Crippen LogP contribution in [0, 0.1) is 27.9 Å². The first-order chi connectivity index (χ1) is 10.3. The van der Waals surface area contributed by atoms with E-state index in [1.54, 1.807) is 6.08 Å². The average Bonchev–Trinajstić information content (AvgIpc) is 2.44. The van der Waals surface area contributed by atoms with E-state index in [0.29, 0.717) is 11.1 Å². The molecular weight excluding hydrogens is 282 g/mol. The number of hydrogen-bond donors (Lipinski definition) is 0. The van der Waals surface area contributed by atoms with E-state index in [9.17, 15) is 20.0 Å². The maximum absolute atomic E-state index is 12.6. The van der Waals surface area contributed by atoms with Crippen LogP contribution in [0.3, 0.4) is 0 Å². The van der Waals surface area contributed by atoms with Gasteiger partial charge in [0.15, 0.2) is 5.78 Å². The molecular formula is C17H20NO4-. The molecule has 2 rings (SSSR count). The number of carbonyl (C=O) groups is 1. The summed E-state index contributed by atoms with van der Waals surface area (Å²) in [5.74, 6) is -0.0655. The summed E-state index contributed by atoms with van der Waals surface area (Å²) in [5.41, 5.74) is 0.787. The van der Waals surface area contributed by atoms with E-state index in [-0.39, 0.29) is 23.5 Å². The van der Waals surface area contributed by atoms with Crippen molar-refractivity contribution >= 4 is 17.5 Å². The van der Waals surface area contributed by atoms with E-state index in [2.05, 4.69) is 0 Å². The lowest BCUT2D eigenvalue weighted by Gasteiger charge is -2.30. The summed E-state index contributed by atoms with van der Waals surface area (Å²) in [6.07, 6.45) is 3.52.